The first-order valence-electron chi connectivity index (χ1n) is 18.0. The zero-order chi connectivity index (χ0) is 38.0. The van der Waals surface area contributed by atoms with E-state index in [2.05, 4.69) is 26.0 Å². The molecule has 3 amide bonds. The Morgan fingerprint density at radius 3 is 2.72 bits per heavy atom. The van der Waals surface area contributed by atoms with Crippen LogP contribution in [0.1, 0.15) is 52.4 Å². The van der Waals surface area contributed by atoms with Gasteiger partial charge in [0.2, 0.25) is 11.8 Å². The minimum Gasteiger partial charge on any atom is -0.497 e. The summed E-state index contributed by atoms with van der Waals surface area (Å²) in [5.74, 6) is -0.783. The maximum Gasteiger partial charge on any atom is 0.266 e. The molecule has 4 atom stereocenters. The van der Waals surface area contributed by atoms with Gasteiger partial charge in [-0.2, -0.15) is 0 Å². The van der Waals surface area contributed by atoms with Crippen molar-refractivity contribution in [1.29, 1.82) is 0 Å². The fourth-order valence-electron chi connectivity index (χ4n) is 6.79. The maximum atomic E-state index is 13.8. The van der Waals surface area contributed by atoms with Crippen molar-refractivity contribution in [3.05, 3.63) is 66.1 Å². The zero-order valence-electron chi connectivity index (χ0n) is 30.2. The van der Waals surface area contributed by atoms with Gasteiger partial charge in [-0.25, -0.2) is 23.1 Å². The summed E-state index contributed by atoms with van der Waals surface area (Å²) in [7, 11) is -2.82. The second-order valence-electron chi connectivity index (χ2n) is 14.1. The number of allylic oxidation sites excluding steroid dienone is 1. The topological polar surface area (TPSA) is 190 Å². The first-order chi connectivity index (χ1) is 25.9. The van der Waals surface area contributed by atoms with Crippen LogP contribution in [0.2, 0.25) is 0 Å². The Bertz CT molecular complexity index is 2220. The van der Waals surface area contributed by atoms with Gasteiger partial charge in [0.25, 0.3) is 15.9 Å². The summed E-state index contributed by atoms with van der Waals surface area (Å²) in [6.45, 7) is 4.44. The van der Waals surface area contributed by atoms with E-state index in [-0.39, 0.29) is 35.4 Å². The molecule has 2 aliphatic heterocycles. The number of thiazole rings is 1. The van der Waals surface area contributed by atoms with E-state index in [4.69, 9.17) is 19.4 Å². The number of amides is 3. The number of sulfonamides is 1. The first-order valence-corrected chi connectivity index (χ1v) is 20.4. The lowest BCUT2D eigenvalue weighted by Gasteiger charge is -2.21. The molecule has 1 saturated heterocycles. The van der Waals surface area contributed by atoms with Crippen molar-refractivity contribution in [3.8, 4) is 22.9 Å². The van der Waals surface area contributed by atoms with Crippen molar-refractivity contribution in [2.75, 3.05) is 24.3 Å². The molecule has 0 bridgehead atoms. The second kappa shape index (κ2) is 15.4. The number of nitrogens with one attached hydrogen (secondary N) is 5. The third-order valence-corrected chi connectivity index (χ3v) is 11.9. The van der Waals surface area contributed by atoms with Crippen molar-refractivity contribution < 1.29 is 32.3 Å². The summed E-state index contributed by atoms with van der Waals surface area (Å²) in [4.78, 5) is 49.6. The van der Waals surface area contributed by atoms with Crippen LogP contribution in [0.15, 0.2) is 71.0 Å². The molecule has 54 heavy (non-hydrogen) atoms. The predicted molar refractivity (Wildman–Crippen MR) is 206 cm³/mol. The summed E-state index contributed by atoms with van der Waals surface area (Å²) >= 11 is 1.49. The largest absolute Gasteiger partial charge is 0.497 e. The van der Waals surface area contributed by atoms with Crippen molar-refractivity contribution in [3.63, 3.8) is 0 Å². The average Bonchev–Trinajstić information content (AvgIpc) is 3.40. The average molecular weight is 774 g/mol. The molecule has 4 heterocycles. The van der Waals surface area contributed by atoms with Gasteiger partial charge in [0.05, 0.1) is 30.0 Å². The van der Waals surface area contributed by atoms with E-state index in [1.54, 1.807) is 13.2 Å². The molecule has 0 spiro atoms. The number of hydrogen-bond donors (Lipinski definition) is 5. The number of benzene rings is 2. The molecule has 2 aromatic carbocycles. The second-order valence-corrected chi connectivity index (χ2v) is 16.6. The number of ether oxygens (including phenoxy) is 2. The van der Waals surface area contributed by atoms with Gasteiger partial charge < -0.3 is 30.7 Å². The summed E-state index contributed by atoms with van der Waals surface area (Å²) in [5, 5.41) is 15.6. The van der Waals surface area contributed by atoms with Crippen LogP contribution in [0, 0.1) is 5.92 Å². The molecule has 4 aromatic rings. The van der Waals surface area contributed by atoms with Gasteiger partial charge >= 0.3 is 0 Å². The monoisotopic (exact) mass is 773 g/mol. The SMILES string of the molecule is COc1ccc2c(O[C@H]3CN[C@H](C(=O)N[C@]45C[C@H]4/C=C\CCCCC(=O)Nc4ccccc4S(=O)(=O)NC5=O)C3)cc(-c3csc(NC(C)C)n3)nc2c1. The van der Waals surface area contributed by atoms with Gasteiger partial charge in [-0.05, 0) is 63.8 Å². The normalized spacial score (nSPS) is 24.6. The Balaban J connectivity index is 1.09. The molecule has 16 heteroatoms. The molecule has 0 unspecified atom stereocenters. The molecule has 1 aliphatic carbocycles. The van der Waals surface area contributed by atoms with E-state index in [0.29, 0.717) is 54.2 Å². The lowest BCUT2D eigenvalue weighted by molar-refractivity contribution is -0.130. The lowest BCUT2D eigenvalue weighted by atomic mass is 10.1. The van der Waals surface area contributed by atoms with Crippen LogP contribution in [0.4, 0.5) is 10.8 Å². The summed E-state index contributed by atoms with van der Waals surface area (Å²) in [6, 6.07) is 12.8. The van der Waals surface area contributed by atoms with E-state index in [1.807, 2.05) is 55.6 Å². The van der Waals surface area contributed by atoms with Crippen LogP contribution >= 0.6 is 11.3 Å². The molecule has 14 nitrogen and oxygen atoms in total. The first kappa shape index (κ1) is 37.3. The van der Waals surface area contributed by atoms with Crippen molar-refractivity contribution in [2.24, 2.45) is 5.92 Å². The highest BCUT2D eigenvalue weighted by atomic mass is 32.2. The predicted octanol–water partition coefficient (Wildman–Crippen LogP) is 4.75. The van der Waals surface area contributed by atoms with Crippen LogP contribution in [0.25, 0.3) is 22.3 Å². The molecular formula is C38H43N7O7S2. The number of hydrogen-bond acceptors (Lipinski definition) is 12. The molecule has 2 fully saturated rings. The van der Waals surface area contributed by atoms with Gasteiger partial charge in [0.15, 0.2) is 5.13 Å². The Morgan fingerprint density at radius 2 is 1.91 bits per heavy atom. The van der Waals surface area contributed by atoms with Crippen LogP contribution in [-0.4, -0.2) is 73.5 Å². The number of carbonyl (C=O) groups excluding carboxylic acids is 3. The van der Waals surface area contributed by atoms with Crippen molar-refractivity contribution in [2.45, 2.75) is 81.0 Å². The number of methoxy groups -OCH3 is 1. The molecule has 284 valence electrons. The Morgan fingerprint density at radius 1 is 1.07 bits per heavy atom. The molecule has 7 rings (SSSR count). The van der Waals surface area contributed by atoms with Crippen molar-refractivity contribution in [1.82, 2.24) is 25.3 Å². The quantitative estimate of drug-likeness (QED) is 0.156. The lowest BCUT2D eigenvalue weighted by Crippen LogP contribution is -2.55. The summed E-state index contributed by atoms with van der Waals surface area (Å²) < 4.78 is 41.3. The number of anilines is 2. The van der Waals surface area contributed by atoms with Crippen LogP contribution < -0.4 is 35.5 Å². The van der Waals surface area contributed by atoms with E-state index < -0.39 is 45.4 Å². The highest BCUT2D eigenvalue weighted by Crippen LogP contribution is 2.46. The number of para-hydroxylation sites is 1. The molecule has 0 radical (unpaired) electrons. The van der Waals surface area contributed by atoms with Gasteiger partial charge in [-0.3, -0.25) is 14.4 Å². The standard InChI is InChI=1S/C38H43N7O7S2/c1-22(2)40-37-43-31(21-53-37)29-18-32(26-15-14-24(51-3)16-28(26)41-29)52-25-17-30(39-20-25)35(47)44-38-19-23(38)10-6-4-5-7-13-34(46)42-27-11-8-9-12-33(27)54(49,50)45-36(38)48/h6,8-12,14-16,18,21-23,25,30,39H,4-5,7,13,17,19-20H2,1-3H3,(H,40,43)(H,42,46)(H,44,47)(H,45,48)/b10-6-/t23-,25-,30+,38-/m1/s1. The third kappa shape index (κ3) is 8.05. The van der Waals surface area contributed by atoms with Gasteiger partial charge in [0.1, 0.15) is 33.7 Å². The highest BCUT2D eigenvalue weighted by Gasteiger charge is 2.61. The van der Waals surface area contributed by atoms with Gasteiger partial charge in [-0.15, -0.1) is 11.3 Å². The minimum atomic E-state index is -4.41. The van der Waals surface area contributed by atoms with E-state index >= 15 is 0 Å². The van der Waals surface area contributed by atoms with E-state index in [9.17, 15) is 22.8 Å². The summed E-state index contributed by atoms with van der Waals surface area (Å²) in [6.07, 6.45) is 6.13. The van der Waals surface area contributed by atoms with Crippen LogP contribution in [-0.2, 0) is 24.4 Å². The number of rotatable bonds is 8. The smallest absolute Gasteiger partial charge is 0.266 e. The number of pyridine rings is 1. The number of aromatic nitrogens is 2. The van der Waals surface area contributed by atoms with E-state index in [1.165, 1.54) is 29.5 Å². The Hall–Kier alpha value is -5.06. The van der Waals surface area contributed by atoms with Crippen LogP contribution in [0.5, 0.6) is 11.5 Å². The van der Waals surface area contributed by atoms with Gasteiger partial charge in [-0.1, -0.05) is 24.3 Å². The summed E-state index contributed by atoms with van der Waals surface area (Å²) in [5.41, 5.74) is 0.595. The van der Waals surface area contributed by atoms with E-state index in [0.717, 1.165) is 16.9 Å². The molecule has 1 saturated carbocycles. The molecule has 2 aromatic heterocycles. The Kier molecular flexibility index (Phi) is 10.6. The minimum absolute atomic E-state index is 0.0788. The molecule has 3 aliphatic rings. The fraction of sp³-hybridized carbons (Fsp3) is 0.395. The third-order valence-electron chi connectivity index (χ3n) is 9.70. The molecule has 5 N–H and O–H groups in total. The maximum absolute atomic E-state index is 13.8. The van der Waals surface area contributed by atoms with Gasteiger partial charge in [0, 0.05) is 54.2 Å². The number of carbonyl (C=O) groups is 3. The Labute approximate surface area is 317 Å². The number of nitrogens with zero attached hydrogens (tertiary/aromatic N) is 2. The fourth-order valence-corrected chi connectivity index (χ4v) is 8.84. The number of fused-ring (bicyclic) bond motifs is 3. The highest BCUT2D eigenvalue weighted by molar-refractivity contribution is 7.90. The van der Waals surface area contributed by atoms with Crippen molar-refractivity contribution >= 4 is 60.8 Å². The zero-order valence-corrected chi connectivity index (χ0v) is 31.8. The van der Waals surface area contributed by atoms with Crippen LogP contribution in [0.3, 0.4) is 0 Å². The molecular weight excluding hydrogens is 731 g/mol.